The molecular formula is C25H21N5O3S. The van der Waals surface area contributed by atoms with Crippen LogP contribution < -0.4 is 10.3 Å². The molecule has 2 aromatic carbocycles. The van der Waals surface area contributed by atoms with E-state index in [4.69, 9.17) is 9.84 Å². The van der Waals surface area contributed by atoms with Crippen LogP contribution in [0.25, 0.3) is 27.2 Å². The smallest absolute Gasteiger partial charge is 0.268 e. The van der Waals surface area contributed by atoms with Crippen LogP contribution in [0, 0.1) is 0 Å². The van der Waals surface area contributed by atoms with Gasteiger partial charge in [-0.2, -0.15) is 5.10 Å². The van der Waals surface area contributed by atoms with Crippen molar-refractivity contribution in [2.45, 2.75) is 6.54 Å². The number of methoxy groups -OCH3 is 1. The number of amides is 1. The fourth-order valence-corrected chi connectivity index (χ4v) is 4.45. The molecule has 0 saturated carbocycles. The van der Waals surface area contributed by atoms with Gasteiger partial charge in [-0.15, -0.1) is 11.3 Å². The Kier molecular flexibility index (Phi) is 5.69. The molecule has 0 aliphatic carbocycles. The second-order valence-corrected chi connectivity index (χ2v) is 8.63. The number of nitrogens with one attached hydrogen (secondary N) is 1. The molecule has 9 heteroatoms. The summed E-state index contributed by atoms with van der Waals surface area (Å²) in [5.41, 5.74) is 2.98. The zero-order valence-corrected chi connectivity index (χ0v) is 19.4. The van der Waals surface area contributed by atoms with Gasteiger partial charge in [-0.1, -0.05) is 30.3 Å². The summed E-state index contributed by atoms with van der Waals surface area (Å²) in [6.07, 6.45) is 1.72. The third-order valence-corrected chi connectivity index (χ3v) is 6.31. The van der Waals surface area contributed by atoms with Gasteiger partial charge < -0.3 is 14.6 Å². The molecule has 1 amide bonds. The number of aromatic nitrogens is 4. The molecule has 5 rings (SSSR count). The minimum Gasteiger partial charge on any atom is -0.497 e. The van der Waals surface area contributed by atoms with Crippen molar-refractivity contribution in [2.24, 2.45) is 0 Å². The number of para-hydroxylation sites is 1. The summed E-state index contributed by atoms with van der Waals surface area (Å²) in [6, 6.07) is 18.8. The minimum absolute atomic E-state index is 0.147. The SMILES string of the molecule is COc1cccc(-c2nn(-c3ccccc3)cc2C(=O)N(C)Cc2nc3ccsc3c(=O)[nH]2)c1. The average molecular weight is 472 g/mol. The minimum atomic E-state index is -0.243. The second kappa shape index (κ2) is 8.95. The molecule has 0 saturated heterocycles. The Morgan fingerprint density at radius 3 is 2.76 bits per heavy atom. The first-order chi connectivity index (χ1) is 16.5. The van der Waals surface area contributed by atoms with Gasteiger partial charge in [0.2, 0.25) is 0 Å². The standard InChI is InChI=1S/C25H21N5O3S/c1-29(15-21-26-20-11-12-34-23(20)24(31)27-21)25(32)19-14-30(17-8-4-3-5-9-17)28-22(19)16-7-6-10-18(13-16)33-2/h3-14H,15H2,1-2H3,(H,26,27,31). The predicted molar refractivity (Wildman–Crippen MR) is 132 cm³/mol. The Labute approximate surface area is 199 Å². The Hall–Kier alpha value is -4.24. The quantitative estimate of drug-likeness (QED) is 0.402. The number of H-pyrrole nitrogens is 1. The van der Waals surface area contributed by atoms with Gasteiger partial charge in [-0.05, 0) is 35.7 Å². The van der Waals surface area contributed by atoms with Crippen molar-refractivity contribution in [1.29, 1.82) is 0 Å². The molecule has 0 fully saturated rings. The number of nitrogens with zero attached hydrogens (tertiary/aromatic N) is 4. The molecule has 0 bridgehead atoms. The predicted octanol–water partition coefficient (Wildman–Crippen LogP) is 4.12. The topological polar surface area (TPSA) is 93.1 Å². The van der Waals surface area contributed by atoms with E-state index in [9.17, 15) is 9.59 Å². The van der Waals surface area contributed by atoms with Gasteiger partial charge in [-0.3, -0.25) is 9.59 Å². The van der Waals surface area contributed by atoms with Crippen molar-refractivity contribution in [1.82, 2.24) is 24.6 Å². The van der Waals surface area contributed by atoms with Crippen molar-refractivity contribution >= 4 is 27.5 Å². The van der Waals surface area contributed by atoms with E-state index in [-0.39, 0.29) is 18.0 Å². The maximum absolute atomic E-state index is 13.6. The van der Waals surface area contributed by atoms with Crippen LogP contribution in [0.1, 0.15) is 16.2 Å². The third-order valence-electron chi connectivity index (χ3n) is 5.41. The highest BCUT2D eigenvalue weighted by Gasteiger charge is 2.23. The van der Waals surface area contributed by atoms with E-state index in [1.54, 1.807) is 31.1 Å². The molecule has 3 aromatic heterocycles. The molecule has 5 aromatic rings. The molecule has 0 radical (unpaired) electrons. The fourth-order valence-electron chi connectivity index (χ4n) is 3.73. The summed E-state index contributed by atoms with van der Waals surface area (Å²) in [6.45, 7) is 0.147. The monoisotopic (exact) mass is 471 g/mol. The lowest BCUT2D eigenvalue weighted by Gasteiger charge is -2.16. The number of rotatable bonds is 6. The maximum Gasteiger partial charge on any atom is 0.268 e. The van der Waals surface area contributed by atoms with E-state index in [1.807, 2.05) is 60.0 Å². The number of fused-ring (bicyclic) bond motifs is 1. The third kappa shape index (κ3) is 4.08. The van der Waals surface area contributed by atoms with Crippen LogP contribution in [0.5, 0.6) is 5.75 Å². The molecule has 1 N–H and O–H groups in total. The molecular weight excluding hydrogens is 450 g/mol. The Morgan fingerprint density at radius 2 is 1.97 bits per heavy atom. The van der Waals surface area contributed by atoms with E-state index in [0.29, 0.717) is 33.0 Å². The van der Waals surface area contributed by atoms with Gasteiger partial charge in [-0.25, -0.2) is 9.67 Å². The zero-order valence-electron chi connectivity index (χ0n) is 18.6. The van der Waals surface area contributed by atoms with Gasteiger partial charge in [0.05, 0.1) is 30.4 Å². The van der Waals surface area contributed by atoms with E-state index in [0.717, 1.165) is 11.3 Å². The van der Waals surface area contributed by atoms with Gasteiger partial charge >= 0.3 is 0 Å². The van der Waals surface area contributed by atoms with Crippen molar-refractivity contribution in [3.8, 4) is 22.7 Å². The first-order valence-corrected chi connectivity index (χ1v) is 11.4. The number of thiophene rings is 1. The summed E-state index contributed by atoms with van der Waals surface area (Å²) in [5, 5.41) is 6.55. The molecule has 0 spiro atoms. The normalized spacial score (nSPS) is 11.0. The first-order valence-electron chi connectivity index (χ1n) is 10.5. The van der Waals surface area contributed by atoms with Crippen LogP contribution in [0.4, 0.5) is 0 Å². The summed E-state index contributed by atoms with van der Waals surface area (Å²) < 4.78 is 7.62. The number of carbonyl (C=O) groups excluding carboxylic acids is 1. The second-order valence-electron chi connectivity index (χ2n) is 7.71. The summed E-state index contributed by atoms with van der Waals surface area (Å²) in [5.74, 6) is 0.850. The highest BCUT2D eigenvalue weighted by atomic mass is 32.1. The molecule has 0 atom stereocenters. The average Bonchev–Trinajstić information content (AvgIpc) is 3.52. The number of benzene rings is 2. The van der Waals surface area contributed by atoms with E-state index < -0.39 is 0 Å². The van der Waals surface area contributed by atoms with Crippen molar-refractivity contribution in [3.05, 3.63) is 94.0 Å². The summed E-state index contributed by atoms with van der Waals surface area (Å²) in [4.78, 5) is 34.7. The van der Waals surface area contributed by atoms with Crippen LogP contribution >= 0.6 is 11.3 Å². The van der Waals surface area contributed by atoms with Crippen molar-refractivity contribution in [3.63, 3.8) is 0 Å². The van der Waals surface area contributed by atoms with E-state index in [1.165, 1.54) is 16.2 Å². The van der Waals surface area contributed by atoms with Gasteiger partial charge in [0.15, 0.2) is 0 Å². The van der Waals surface area contributed by atoms with E-state index >= 15 is 0 Å². The van der Waals surface area contributed by atoms with Crippen LogP contribution in [-0.4, -0.2) is 44.7 Å². The molecule has 0 unspecified atom stereocenters. The molecule has 0 aliphatic rings. The number of carbonyl (C=O) groups is 1. The zero-order chi connectivity index (χ0) is 23.7. The van der Waals surface area contributed by atoms with Crippen LogP contribution in [0.3, 0.4) is 0 Å². The number of hydrogen-bond donors (Lipinski definition) is 1. The van der Waals surface area contributed by atoms with E-state index in [2.05, 4.69) is 9.97 Å². The van der Waals surface area contributed by atoms with Crippen molar-refractivity contribution < 1.29 is 9.53 Å². The molecule has 34 heavy (non-hydrogen) atoms. The highest BCUT2D eigenvalue weighted by Crippen LogP contribution is 2.28. The first kappa shape index (κ1) is 21.6. The molecule has 3 heterocycles. The lowest BCUT2D eigenvalue weighted by Crippen LogP contribution is -2.28. The van der Waals surface area contributed by atoms with Gasteiger partial charge in [0, 0.05) is 18.8 Å². The lowest BCUT2D eigenvalue weighted by atomic mass is 10.1. The molecule has 8 nitrogen and oxygen atoms in total. The largest absolute Gasteiger partial charge is 0.497 e. The summed E-state index contributed by atoms with van der Waals surface area (Å²) in [7, 11) is 3.27. The Balaban J connectivity index is 1.53. The Bertz CT molecular complexity index is 1540. The number of aromatic amines is 1. The highest BCUT2D eigenvalue weighted by molar-refractivity contribution is 7.17. The van der Waals surface area contributed by atoms with Gasteiger partial charge in [0.1, 0.15) is 22.0 Å². The lowest BCUT2D eigenvalue weighted by molar-refractivity contribution is 0.0782. The fraction of sp³-hybridized carbons (Fsp3) is 0.120. The van der Waals surface area contributed by atoms with Crippen LogP contribution in [0.15, 0.2) is 77.0 Å². The van der Waals surface area contributed by atoms with Crippen LogP contribution in [-0.2, 0) is 6.54 Å². The summed E-state index contributed by atoms with van der Waals surface area (Å²) >= 11 is 1.34. The molecule has 170 valence electrons. The number of ether oxygens (including phenoxy) is 1. The van der Waals surface area contributed by atoms with Crippen LogP contribution in [0.2, 0.25) is 0 Å². The molecule has 0 aliphatic heterocycles. The Morgan fingerprint density at radius 1 is 1.15 bits per heavy atom. The number of hydrogen-bond acceptors (Lipinski definition) is 6. The van der Waals surface area contributed by atoms with Gasteiger partial charge in [0.25, 0.3) is 11.5 Å². The maximum atomic E-state index is 13.6. The van der Waals surface area contributed by atoms with Crippen molar-refractivity contribution in [2.75, 3.05) is 14.2 Å².